The first-order valence-electron chi connectivity index (χ1n) is 7.57. The van der Waals surface area contributed by atoms with E-state index in [0.29, 0.717) is 25.4 Å². The minimum absolute atomic E-state index is 0.119. The molecule has 1 amide bonds. The van der Waals surface area contributed by atoms with Gasteiger partial charge in [-0.25, -0.2) is 0 Å². The minimum Gasteiger partial charge on any atom is -0.486 e. The molecular weight excluding hydrogens is 284 g/mol. The maximum Gasteiger partial charge on any atom is 0.242 e. The van der Waals surface area contributed by atoms with Crippen LogP contribution in [0.1, 0.15) is 13.3 Å². The van der Waals surface area contributed by atoms with Crippen LogP contribution in [0.25, 0.3) is 0 Å². The van der Waals surface area contributed by atoms with Gasteiger partial charge >= 0.3 is 0 Å². The van der Waals surface area contributed by atoms with Gasteiger partial charge in [-0.3, -0.25) is 4.79 Å². The van der Waals surface area contributed by atoms with Crippen molar-refractivity contribution in [3.05, 3.63) is 24.3 Å². The number of carbonyl (C=O) groups excluding carboxylic acids is 1. The van der Waals surface area contributed by atoms with Gasteiger partial charge in [0.2, 0.25) is 5.91 Å². The van der Waals surface area contributed by atoms with Crippen LogP contribution in [-0.4, -0.2) is 56.4 Å². The third-order valence-electron chi connectivity index (χ3n) is 3.46. The highest BCUT2D eigenvalue weighted by atomic mass is 16.6. The number of para-hydroxylation sites is 2. The number of fused-ring (bicyclic) bond motifs is 1. The third kappa shape index (κ3) is 4.11. The quantitative estimate of drug-likeness (QED) is 0.814. The summed E-state index contributed by atoms with van der Waals surface area (Å²) in [6, 6.07) is 6.89. The lowest BCUT2D eigenvalue weighted by Gasteiger charge is -2.32. The smallest absolute Gasteiger partial charge is 0.242 e. The first-order chi connectivity index (χ1) is 10.7. The van der Waals surface area contributed by atoms with Crippen molar-refractivity contribution < 1.29 is 19.0 Å². The van der Waals surface area contributed by atoms with Gasteiger partial charge in [-0.15, -0.1) is 0 Å². The van der Waals surface area contributed by atoms with Crippen molar-refractivity contribution in [3.63, 3.8) is 0 Å². The van der Waals surface area contributed by atoms with Gasteiger partial charge in [-0.1, -0.05) is 19.1 Å². The van der Waals surface area contributed by atoms with E-state index in [0.717, 1.165) is 12.2 Å². The molecule has 0 radical (unpaired) electrons. The maximum atomic E-state index is 12.4. The Balaban J connectivity index is 1.98. The van der Waals surface area contributed by atoms with Gasteiger partial charge in [-0.05, 0) is 18.6 Å². The Morgan fingerprint density at radius 1 is 1.45 bits per heavy atom. The van der Waals surface area contributed by atoms with Gasteiger partial charge in [0, 0.05) is 13.7 Å². The van der Waals surface area contributed by atoms with Crippen LogP contribution in [0.3, 0.4) is 0 Å². The summed E-state index contributed by atoms with van der Waals surface area (Å²) in [7, 11) is 1.53. The molecule has 0 fully saturated rings. The van der Waals surface area contributed by atoms with Crippen LogP contribution in [0.5, 0.6) is 11.5 Å². The first kappa shape index (κ1) is 16.6. The topological polar surface area (TPSA) is 74.0 Å². The Morgan fingerprint density at radius 2 is 2.18 bits per heavy atom. The highest BCUT2D eigenvalue weighted by Gasteiger charge is 2.27. The molecule has 122 valence electrons. The summed E-state index contributed by atoms with van der Waals surface area (Å²) in [5.74, 6) is 1.33. The molecule has 1 aromatic carbocycles. The number of nitrogens with zero attached hydrogens (tertiary/aromatic N) is 1. The van der Waals surface area contributed by atoms with Crippen molar-refractivity contribution in [2.45, 2.75) is 25.5 Å². The number of rotatable bonds is 7. The van der Waals surface area contributed by atoms with E-state index in [9.17, 15) is 4.79 Å². The summed E-state index contributed by atoms with van der Waals surface area (Å²) in [6.45, 7) is 3.75. The highest BCUT2D eigenvalue weighted by molar-refractivity contribution is 5.81. The number of methoxy groups -OCH3 is 1. The zero-order valence-corrected chi connectivity index (χ0v) is 13.2. The van der Waals surface area contributed by atoms with E-state index in [1.165, 1.54) is 7.11 Å². The van der Waals surface area contributed by atoms with Crippen LogP contribution in [0, 0.1) is 0 Å². The molecule has 2 unspecified atom stereocenters. The van der Waals surface area contributed by atoms with Gasteiger partial charge < -0.3 is 24.8 Å². The summed E-state index contributed by atoms with van der Waals surface area (Å²) in [5, 5.41) is 0. The molecule has 0 bridgehead atoms. The minimum atomic E-state index is -0.645. The van der Waals surface area contributed by atoms with Gasteiger partial charge in [0.05, 0.1) is 13.2 Å². The van der Waals surface area contributed by atoms with Crippen molar-refractivity contribution in [2.24, 2.45) is 5.73 Å². The highest BCUT2D eigenvalue weighted by Crippen LogP contribution is 2.31. The molecular formula is C16H24N2O4. The number of ether oxygens (including phenoxy) is 3. The maximum absolute atomic E-state index is 12.4. The third-order valence-corrected chi connectivity index (χ3v) is 3.46. The Morgan fingerprint density at radius 3 is 2.86 bits per heavy atom. The summed E-state index contributed by atoms with van der Waals surface area (Å²) >= 11 is 0. The van der Waals surface area contributed by atoms with Crippen molar-refractivity contribution in [1.29, 1.82) is 0 Å². The molecule has 22 heavy (non-hydrogen) atoms. The molecule has 2 N–H and O–H groups in total. The van der Waals surface area contributed by atoms with Crippen molar-refractivity contribution >= 4 is 5.91 Å². The number of amides is 1. The molecule has 6 nitrogen and oxygen atoms in total. The molecule has 6 heteroatoms. The van der Waals surface area contributed by atoms with Crippen LogP contribution < -0.4 is 15.2 Å². The zero-order chi connectivity index (χ0) is 15.9. The van der Waals surface area contributed by atoms with Gasteiger partial charge in [0.25, 0.3) is 0 Å². The Hall–Kier alpha value is -1.79. The first-order valence-corrected chi connectivity index (χ1v) is 7.57. The molecule has 0 saturated heterocycles. The standard InChI is InChI=1S/C16H24N2O4/c1-3-8-18(16(19)13(17)11-20-2)9-12-10-21-14-6-4-5-7-15(14)22-12/h4-7,12-13H,3,8-11,17H2,1-2H3. The number of hydrogen-bond donors (Lipinski definition) is 1. The molecule has 2 rings (SSSR count). The largest absolute Gasteiger partial charge is 0.486 e. The number of hydrogen-bond acceptors (Lipinski definition) is 5. The second kappa shape index (κ2) is 8.00. The molecule has 1 heterocycles. The molecule has 0 aliphatic carbocycles. The van der Waals surface area contributed by atoms with Crippen LogP contribution in [-0.2, 0) is 9.53 Å². The molecule has 1 aliphatic rings. The zero-order valence-electron chi connectivity index (χ0n) is 13.2. The Labute approximate surface area is 131 Å². The second-order valence-corrected chi connectivity index (χ2v) is 5.34. The summed E-state index contributed by atoms with van der Waals surface area (Å²) in [5.41, 5.74) is 5.85. The summed E-state index contributed by atoms with van der Waals surface area (Å²) in [6.07, 6.45) is 0.662. The molecule has 1 aliphatic heterocycles. The van der Waals surface area contributed by atoms with Crippen molar-refractivity contribution in [3.8, 4) is 11.5 Å². The van der Waals surface area contributed by atoms with E-state index in [2.05, 4.69) is 0 Å². The average Bonchev–Trinajstić information content (AvgIpc) is 2.54. The predicted molar refractivity (Wildman–Crippen MR) is 83.1 cm³/mol. The van der Waals surface area contributed by atoms with E-state index in [1.54, 1.807) is 4.90 Å². The Kier molecular flexibility index (Phi) is 6.03. The molecule has 0 saturated carbocycles. The van der Waals surface area contributed by atoms with Crippen LogP contribution >= 0.6 is 0 Å². The fraction of sp³-hybridized carbons (Fsp3) is 0.562. The molecule has 1 aromatic rings. The number of nitrogens with two attached hydrogens (primary N) is 1. The summed E-state index contributed by atoms with van der Waals surface area (Å²) in [4.78, 5) is 14.1. The fourth-order valence-corrected chi connectivity index (χ4v) is 2.45. The lowest BCUT2D eigenvalue weighted by molar-refractivity contribution is -0.135. The molecule has 0 aromatic heterocycles. The second-order valence-electron chi connectivity index (χ2n) is 5.34. The van der Waals surface area contributed by atoms with Gasteiger partial charge in [0.1, 0.15) is 12.6 Å². The van der Waals surface area contributed by atoms with E-state index in [-0.39, 0.29) is 18.6 Å². The summed E-state index contributed by atoms with van der Waals surface area (Å²) < 4.78 is 16.6. The molecule has 2 atom stereocenters. The lowest BCUT2D eigenvalue weighted by atomic mass is 10.2. The predicted octanol–water partition coefficient (Wildman–Crippen LogP) is 1.04. The van der Waals surface area contributed by atoms with Gasteiger partial charge in [-0.2, -0.15) is 0 Å². The van der Waals surface area contributed by atoms with Crippen LogP contribution in [0.15, 0.2) is 24.3 Å². The Bertz CT molecular complexity index is 495. The molecule has 0 spiro atoms. The number of benzene rings is 1. The van der Waals surface area contributed by atoms with Gasteiger partial charge in [0.15, 0.2) is 17.6 Å². The number of carbonyl (C=O) groups is 1. The monoisotopic (exact) mass is 308 g/mol. The van der Waals surface area contributed by atoms with E-state index >= 15 is 0 Å². The van der Waals surface area contributed by atoms with Crippen molar-refractivity contribution in [2.75, 3.05) is 33.4 Å². The van der Waals surface area contributed by atoms with Crippen LogP contribution in [0.2, 0.25) is 0 Å². The lowest BCUT2D eigenvalue weighted by Crippen LogP contribution is -2.51. The van der Waals surface area contributed by atoms with Crippen molar-refractivity contribution in [1.82, 2.24) is 4.90 Å². The normalized spacial score (nSPS) is 17.9. The SMILES string of the molecule is CCCN(CC1COc2ccccc2O1)C(=O)C(N)COC. The average molecular weight is 308 g/mol. The fourth-order valence-electron chi connectivity index (χ4n) is 2.45. The van der Waals surface area contributed by atoms with E-state index in [1.807, 2.05) is 31.2 Å². The van der Waals surface area contributed by atoms with E-state index in [4.69, 9.17) is 19.9 Å². The van der Waals surface area contributed by atoms with E-state index < -0.39 is 6.04 Å². The van der Waals surface area contributed by atoms with Crippen LogP contribution in [0.4, 0.5) is 0 Å².